The van der Waals surface area contributed by atoms with Gasteiger partial charge in [0.25, 0.3) is 5.56 Å². The standard InChI is InChI=1S/C21H24N4O2S/c1-21(2,13-22-18(26)12-28-15-8-4-3-5-9-15)14-23-19-16-10-6-7-11-17(16)20(27)25-24-19/h3-11H,12-14H2,1-2H3,(H,22,26)(H,23,24)(H,25,27). The summed E-state index contributed by atoms with van der Waals surface area (Å²) in [5.41, 5.74) is -0.394. The smallest absolute Gasteiger partial charge is 0.272 e. The molecule has 1 heterocycles. The lowest BCUT2D eigenvalue weighted by atomic mass is 9.93. The summed E-state index contributed by atoms with van der Waals surface area (Å²) in [5.74, 6) is 1.03. The van der Waals surface area contributed by atoms with Crippen molar-refractivity contribution in [3.63, 3.8) is 0 Å². The van der Waals surface area contributed by atoms with Crippen LogP contribution in [-0.4, -0.2) is 34.9 Å². The molecule has 0 saturated heterocycles. The molecule has 146 valence electrons. The summed E-state index contributed by atoms with van der Waals surface area (Å²) in [7, 11) is 0. The fraction of sp³-hybridized carbons (Fsp3) is 0.286. The second-order valence-corrected chi connectivity index (χ2v) is 8.39. The van der Waals surface area contributed by atoms with E-state index in [0.717, 1.165) is 10.3 Å². The summed E-state index contributed by atoms with van der Waals surface area (Å²) < 4.78 is 0. The molecule has 0 saturated carbocycles. The molecule has 0 aliphatic carbocycles. The Balaban J connectivity index is 1.52. The van der Waals surface area contributed by atoms with Crippen molar-refractivity contribution < 1.29 is 4.79 Å². The SMILES string of the molecule is CC(C)(CNC(=O)CSc1ccccc1)CNc1n[nH]c(=O)c2ccccc12. The van der Waals surface area contributed by atoms with Crippen molar-refractivity contribution in [3.8, 4) is 0 Å². The van der Waals surface area contributed by atoms with Crippen LogP contribution in [0.25, 0.3) is 10.8 Å². The zero-order chi connectivity index (χ0) is 20.0. The number of carbonyl (C=O) groups is 1. The Morgan fingerprint density at radius 3 is 2.46 bits per heavy atom. The van der Waals surface area contributed by atoms with Gasteiger partial charge in [0.2, 0.25) is 5.91 Å². The third-order valence-electron chi connectivity index (χ3n) is 4.31. The number of hydrogen-bond acceptors (Lipinski definition) is 5. The molecule has 1 aromatic heterocycles. The van der Waals surface area contributed by atoms with Gasteiger partial charge in [-0.2, -0.15) is 5.10 Å². The van der Waals surface area contributed by atoms with Gasteiger partial charge in [-0.15, -0.1) is 11.8 Å². The zero-order valence-electron chi connectivity index (χ0n) is 16.0. The van der Waals surface area contributed by atoms with E-state index < -0.39 is 0 Å². The highest BCUT2D eigenvalue weighted by molar-refractivity contribution is 8.00. The highest BCUT2D eigenvalue weighted by atomic mass is 32.2. The highest BCUT2D eigenvalue weighted by Crippen LogP contribution is 2.20. The van der Waals surface area contributed by atoms with E-state index in [1.54, 1.807) is 6.07 Å². The number of nitrogens with one attached hydrogen (secondary N) is 3. The molecule has 7 heteroatoms. The molecule has 3 rings (SSSR count). The third kappa shape index (κ3) is 5.36. The van der Waals surface area contributed by atoms with Crippen molar-refractivity contribution in [2.45, 2.75) is 18.7 Å². The van der Waals surface area contributed by atoms with Gasteiger partial charge in [0.1, 0.15) is 0 Å². The molecule has 0 aliphatic rings. The molecule has 0 atom stereocenters. The number of benzene rings is 2. The van der Waals surface area contributed by atoms with Gasteiger partial charge in [-0.05, 0) is 23.6 Å². The van der Waals surface area contributed by atoms with Gasteiger partial charge < -0.3 is 10.6 Å². The molecule has 1 amide bonds. The van der Waals surface area contributed by atoms with Gasteiger partial charge in [0, 0.05) is 23.4 Å². The van der Waals surface area contributed by atoms with Gasteiger partial charge >= 0.3 is 0 Å². The lowest BCUT2D eigenvalue weighted by molar-refractivity contribution is -0.118. The maximum absolute atomic E-state index is 12.1. The van der Waals surface area contributed by atoms with E-state index in [1.807, 2.05) is 48.5 Å². The minimum absolute atomic E-state index is 0.00884. The molecular formula is C21H24N4O2S. The van der Waals surface area contributed by atoms with E-state index in [9.17, 15) is 9.59 Å². The number of nitrogens with zero attached hydrogens (tertiary/aromatic N) is 1. The number of fused-ring (bicyclic) bond motifs is 1. The van der Waals surface area contributed by atoms with E-state index in [-0.39, 0.29) is 16.9 Å². The average Bonchev–Trinajstić information content (AvgIpc) is 2.71. The Morgan fingerprint density at radius 1 is 1.04 bits per heavy atom. The Kier molecular flexibility index (Phi) is 6.36. The predicted molar refractivity (Wildman–Crippen MR) is 115 cm³/mol. The normalized spacial score (nSPS) is 11.4. The summed E-state index contributed by atoms with van der Waals surface area (Å²) >= 11 is 1.52. The zero-order valence-corrected chi connectivity index (χ0v) is 16.8. The molecule has 0 bridgehead atoms. The molecule has 6 nitrogen and oxygen atoms in total. The van der Waals surface area contributed by atoms with E-state index in [0.29, 0.717) is 30.0 Å². The van der Waals surface area contributed by atoms with Gasteiger partial charge in [0.05, 0.1) is 11.1 Å². The van der Waals surface area contributed by atoms with Crippen molar-refractivity contribution in [2.24, 2.45) is 5.41 Å². The summed E-state index contributed by atoms with van der Waals surface area (Å²) in [6, 6.07) is 17.2. The molecule has 2 aromatic carbocycles. The Morgan fingerprint density at radius 2 is 1.71 bits per heavy atom. The Bertz CT molecular complexity index is 1000. The van der Waals surface area contributed by atoms with Crippen LogP contribution in [0.5, 0.6) is 0 Å². The van der Waals surface area contributed by atoms with Crippen LogP contribution in [-0.2, 0) is 4.79 Å². The monoisotopic (exact) mass is 396 g/mol. The number of carbonyl (C=O) groups excluding carboxylic acids is 1. The van der Waals surface area contributed by atoms with E-state index in [2.05, 4.69) is 34.7 Å². The van der Waals surface area contributed by atoms with Crippen LogP contribution in [0.15, 0.2) is 64.3 Å². The Labute approximate surface area is 168 Å². The van der Waals surface area contributed by atoms with E-state index >= 15 is 0 Å². The lowest BCUT2D eigenvalue weighted by Crippen LogP contribution is -2.39. The predicted octanol–water partition coefficient (Wildman–Crippen LogP) is 3.27. The molecule has 28 heavy (non-hydrogen) atoms. The maximum atomic E-state index is 12.1. The summed E-state index contributed by atoms with van der Waals surface area (Å²) in [6.45, 7) is 5.27. The molecule has 3 N–H and O–H groups in total. The molecule has 0 unspecified atom stereocenters. The first kappa shape index (κ1) is 19.9. The number of H-pyrrole nitrogens is 1. The lowest BCUT2D eigenvalue weighted by Gasteiger charge is -2.25. The molecular weight excluding hydrogens is 372 g/mol. The number of rotatable bonds is 8. The van der Waals surface area contributed by atoms with E-state index in [4.69, 9.17) is 0 Å². The number of amides is 1. The average molecular weight is 397 g/mol. The molecule has 3 aromatic rings. The van der Waals surface area contributed by atoms with Gasteiger partial charge in [-0.25, -0.2) is 5.10 Å². The van der Waals surface area contributed by atoms with Gasteiger partial charge in [-0.1, -0.05) is 50.2 Å². The second-order valence-electron chi connectivity index (χ2n) is 7.34. The molecule has 0 spiro atoms. The van der Waals surface area contributed by atoms with Crippen molar-refractivity contribution >= 4 is 34.3 Å². The van der Waals surface area contributed by atoms with Crippen LogP contribution in [0.3, 0.4) is 0 Å². The van der Waals surface area contributed by atoms with Crippen LogP contribution in [0, 0.1) is 5.41 Å². The number of hydrogen-bond donors (Lipinski definition) is 3. The van der Waals surface area contributed by atoms with Crippen molar-refractivity contribution in [1.82, 2.24) is 15.5 Å². The quantitative estimate of drug-likeness (QED) is 0.509. The highest BCUT2D eigenvalue weighted by Gasteiger charge is 2.20. The van der Waals surface area contributed by atoms with Crippen molar-refractivity contribution in [2.75, 3.05) is 24.2 Å². The van der Waals surface area contributed by atoms with Crippen LogP contribution >= 0.6 is 11.8 Å². The molecule has 0 fully saturated rings. The number of thioether (sulfide) groups is 1. The summed E-state index contributed by atoms with van der Waals surface area (Å²) in [5, 5.41) is 14.3. The number of anilines is 1. The first-order valence-electron chi connectivity index (χ1n) is 9.10. The minimum Gasteiger partial charge on any atom is -0.368 e. The van der Waals surface area contributed by atoms with Crippen LogP contribution in [0.1, 0.15) is 13.8 Å². The van der Waals surface area contributed by atoms with Gasteiger partial charge in [-0.3, -0.25) is 9.59 Å². The topological polar surface area (TPSA) is 86.9 Å². The number of aromatic nitrogens is 2. The largest absolute Gasteiger partial charge is 0.368 e. The van der Waals surface area contributed by atoms with E-state index in [1.165, 1.54) is 11.8 Å². The number of aromatic amines is 1. The third-order valence-corrected chi connectivity index (χ3v) is 5.32. The summed E-state index contributed by atoms with van der Waals surface area (Å²) in [6.07, 6.45) is 0. The van der Waals surface area contributed by atoms with Gasteiger partial charge in [0.15, 0.2) is 5.82 Å². The minimum atomic E-state index is -0.205. The fourth-order valence-corrected chi connectivity index (χ4v) is 3.44. The maximum Gasteiger partial charge on any atom is 0.272 e. The van der Waals surface area contributed by atoms with Crippen LogP contribution in [0.4, 0.5) is 5.82 Å². The molecule has 0 radical (unpaired) electrons. The molecule has 0 aliphatic heterocycles. The van der Waals surface area contributed by atoms with Crippen molar-refractivity contribution in [3.05, 3.63) is 65.0 Å². The fourth-order valence-electron chi connectivity index (χ4n) is 2.69. The van der Waals surface area contributed by atoms with Crippen LogP contribution in [0.2, 0.25) is 0 Å². The van der Waals surface area contributed by atoms with Crippen molar-refractivity contribution in [1.29, 1.82) is 0 Å². The Hall–Kier alpha value is -2.80. The first-order valence-corrected chi connectivity index (χ1v) is 10.1. The summed E-state index contributed by atoms with van der Waals surface area (Å²) in [4.78, 5) is 25.1. The first-order chi connectivity index (χ1) is 13.4. The second kappa shape index (κ2) is 8.93. The van der Waals surface area contributed by atoms with Crippen LogP contribution < -0.4 is 16.2 Å².